The highest BCUT2D eigenvalue weighted by Crippen LogP contribution is 2.09. The summed E-state index contributed by atoms with van der Waals surface area (Å²) in [5.41, 5.74) is 2.67. The smallest absolute Gasteiger partial charge is 0.293 e. The molecule has 1 heterocycles. The molecule has 1 aromatic heterocycles. The van der Waals surface area contributed by atoms with Crippen LogP contribution in [0.1, 0.15) is 16.9 Å². The third kappa shape index (κ3) is 4.77. The van der Waals surface area contributed by atoms with Crippen LogP contribution in [-0.2, 0) is 11.9 Å². The molecule has 0 spiro atoms. The minimum atomic E-state index is -0.388. The quantitative estimate of drug-likeness (QED) is 0.629. The number of nitrogens with zero attached hydrogens (tertiary/aromatic N) is 2. The highest BCUT2D eigenvalue weighted by atomic mass is 35.5. The minimum absolute atomic E-state index is 0.263. The van der Waals surface area contributed by atoms with Crippen molar-refractivity contribution in [1.29, 1.82) is 0 Å². The zero-order valence-electron chi connectivity index (χ0n) is 11.6. The van der Waals surface area contributed by atoms with Crippen LogP contribution in [0.4, 0.5) is 0 Å². The Labute approximate surface area is 127 Å². The standard InChI is InChI=1S/C14H16ClN3O3/c1-18-12(10-13(15)16-18)14(19)17-21-9-5-8-20-11-6-3-2-4-7-11/h2-4,6-7,10H,5,8-9H2,1H3,(H,17,19). The molecule has 1 amide bonds. The van der Waals surface area contributed by atoms with Crippen LogP contribution in [0.3, 0.4) is 0 Å². The number of hydroxylamine groups is 1. The van der Waals surface area contributed by atoms with Crippen molar-refractivity contribution in [3.05, 3.63) is 47.2 Å². The van der Waals surface area contributed by atoms with Gasteiger partial charge in [-0.05, 0) is 12.1 Å². The molecule has 2 aromatic rings. The maximum absolute atomic E-state index is 11.7. The lowest BCUT2D eigenvalue weighted by molar-refractivity contribution is 0.0263. The van der Waals surface area contributed by atoms with Crippen LogP contribution in [0.5, 0.6) is 5.75 Å². The fourth-order valence-electron chi connectivity index (χ4n) is 1.65. The predicted molar refractivity (Wildman–Crippen MR) is 78.2 cm³/mol. The Balaban J connectivity index is 1.62. The van der Waals surface area contributed by atoms with Crippen LogP contribution in [0.25, 0.3) is 0 Å². The molecular weight excluding hydrogens is 294 g/mol. The number of hydrogen-bond donors (Lipinski definition) is 1. The maximum atomic E-state index is 11.7. The number of para-hydroxylation sites is 1. The zero-order valence-corrected chi connectivity index (χ0v) is 12.3. The zero-order chi connectivity index (χ0) is 15.1. The molecule has 0 radical (unpaired) electrons. The van der Waals surface area contributed by atoms with E-state index >= 15 is 0 Å². The first-order valence-corrected chi connectivity index (χ1v) is 6.84. The van der Waals surface area contributed by atoms with E-state index in [1.54, 1.807) is 7.05 Å². The number of ether oxygens (including phenoxy) is 1. The van der Waals surface area contributed by atoms with Crippen LogP contribution in [-0.4, -0.2) is 28.9 Å². The molecular formula is C14H16ClN3O3. The number of amides is 1. The molecule has 0 aliphatic heterocycles. The van der Waals surface area contributed by atoms with Crippen LogP contribution in [0, 0.1) is 0 Å². The number of benzene rings is 1. The summed E-state index contributed by atoms with van der Waals surface area (Å²) in [6.07, 6.45) is 0.654. The average molecular weight is 310 g/mol. The summed E-state index contributed by atoms with van der Waals surface area (Å²) in [5, 5.41) is 4.13. The number of nitrogens with one attached hydrogen (secondary N) is 1. The number of rotatable bonds is 7. The summed E-state index contributed by atoms with van der Waals surface area (Å²) in [4.78, 5) is 16.8. The van der Waals surface area contributed by atoms with Gasteiger partial charge in [0.1, 0.15) is 11.4 Å². The first kappa shape index (κ1) is 15.3. The van der Waals surface area contributed by atoms with Gasteiger partial charge >= 0.3 is 0 Å². The van der Waals surface area contributed by atoms with Gasteiger partial charge in [0.05, 0.1) is 13.2 Å². The second-order valence-electron chi connectivity index (χ2n) is 4.27. The van der Waals surface area contributed by atoms with Crippen molar-refractivity contribution < 1.29 is 14.4 Å². The van der Waals surface area contributed by atoms with E-state index < -0.39 is 0 Å². The molecule has 0 saturated carbocycles. The Bertz CT molecular complexity index is 586. The summed E-state index contributed by atoms with van der Waals surface area (Å²) in [6.45, 7) is 0.863. The van der Waals surface area contributed by atoms with Gasteiger partial charge in [0.25, 0.3) is 5.91 Å². The third-order valence-corrected chi connectivity index (χ3v) is 2.83. The number of aromatic nitrogens is 2. The SMILES string of the molecule is Cn1nc(Cl)cc1C(=O)NOCCCOc1ccccc1. The molecule has 0 saturated heterocycles. The first-order valence-electron chi connectivity index (χ1n) is 6.46. The summed E-state index contributed by atoms with van der Waals surface area (Å²) in [6, 6.07) is 11.0. The number of hydrogen-bond acceptors (Lipinski definition) is 4. The Kier molecular flexibility index (Phi) is 5.59. The molecule has 2 rings (SSSR count). The molecule has 0 bridgehead atoms. The summed E-state index contributed by atoms with van der Waals surface area (Å²) in [7, 11) is 1.63. The van der Waals surface area contributed by atoms with Crippen molar-refractivity contribution in [3.63, 3.8) is 0 Å². The molecule has 6 nitrogen and oxygen atoms in total. The topological polar surface area (TPSA) is 65.4 Å². The van der Waals surface area contributed by atoms with E-state index in [-0.39, 0.29) is 11.1 Å². The van der Waals surface area contributed by atoms with Gasteiger partial charge in [-0.25, -0.2) is 5.48 Å². The summed E-state index contributed by atoms with van der Waals surface area (Å²) < 4.78 is 6.88. The van der Waals surface area contributed by atoms with Crippen molar-refractivity contribution in [2.45, 2.75) is 6.42 Å². The highest BCUT2D eigenvalue weighted by Gasteiger charge is 2.12. The van der Waals surface area contributed by atoms with Gasteiger partial charge in [-0.1, -0.05) is 29.8 Å². The third-order valence-electron chi connectivity index (χ3n) is 2.65. The molecule has 112 valence electrons. The lowest BCUT2D eigenvalue weighted by Gasteiger charge is -2.07. The number of aryl methyl sites for hydroxylation is 1. The lowest BCUT2D eigenvalue weighted by atomic mass is 10.3. The fourth-order valence-corrected chi connectivity index (χ4v) is 1.87. The predicted octanol–water partition coefficient (Wildman–Crippen LogP) is 2.20. The number of carbonyl (C=O) groups excluding carboxylic acids is 1. The minimum Gasteiger partial charge on any atom is -0.494 e. The molecule has 0 fully saturated rings. The molecule has 1 N–H and O–H groups in total. The van der Waals surface area contributed by atoms with E-state index in [0.717, 1.165) is 5.75 Å². The molecule has 7 heteroatoms. The molecule has 0 aliphatic carbocycles. The van der Waals surface area contributed by atoms with Crippen LogP contribution in [0.2, 0.25) is 5.15 Å². The van der Waals surface area contributed by atoms with Crippen LogP contribution in [0.15, 0.2) is 36.4 Å². The van der Waals surface area contributed by atoms with Crippen molar-refractivity contribution in [3.8, 4) is 5.75 Å². The van der Waals surface area contributed by atoms with Gasteiger partial charge in [-0.3, -0.25) is 14.3 Å². The maximum Gasteiger partial charge on any atom is 0.293 e. The summed E-state index contributed by atoms with van der Waals surface area (Å²) >= 11 is 5.70. The normalized spacial score (nSPS) is 10.4. The van der Waals surface area contributed by atoms with E-state index in [0.29, 0.717) is 25.3 Å². The lowest BCUT2D eigenvalue weighted by Crippen LogP contribution is -2.26. The summed E-state index contributed by atoms with van der Waals surface area (Å²) in [5.74, 6) is 0.423. The van der Waals surface area contributed by atoms with Crippen molar-refractivity contribution in [2.24, 2.45) is 7.05 Å². The Hall–Kier alpha value is -2.05. The number of halogens is 1. The van der Waals surface area contributed by atoms with E-state index in [9.17, 15) is 4.79 Å². The van der Waals surface area contributed by atoms with Crippen molar-refractivity contribution in [1.82, 2.24) is 15.3 Å². The van der Waals surface area contributed by atoms with E-state index in [4.69, 9.17) is 21.2 Å². The van der Waals surface area contributed by atoms with Gasteiger partial charge in [-0.2, -0.15) is 5.10 Å². The number of carbonyl (C=O) groups is 1. The molecule has 21 heavy (non-hydrogen) atoms. The van der Waals surface area contributed by atoms with Gasteiger partial charge in [0.2, 0.25) is 0 Å². The van der Waals surface area contributed by atoms with E-state index in [2.05, 4.69) is 10.6 Å². The average Bonchev–Trinajstić information content (AvgIpc) is 2.82. The first-order chi connectivity index (χ1) is 10.2. The van der Waals surface area contributed by atoms with Crippen molar-refractivity contribution >= 4 is 17.5 Å². The van der Waals surface area contributed by atoms with Crippen LogP contribution >= 0.6 is 11.6 Å². The molecule has 1 aromatic carbocycles. The second-order valence-corrected chi connectivity index (χ2v) is 4.66. The van der Waals surface area contributed by atoms with Gasteiger partial charge < -0.3 is 4.74 Å². The highest BCUT2D eigenvalue weighted by molar-refractivity contribution is 6.29. The van der Waals surface area contributed by atoms with Gasteiger partial charge in [-0.15, -0.1) is 0 Å². The van der Waals surface area contributed by atoms with Gasteiger partial charge in [0, 0.05) is 19.5 Å². The van der Waals surface area contributed by atoms with Crippen molar-refractivity contribution in [2.75, 3.05) is 13.2 Å². The van der Waals surface area contributed by atoms with Crippen LogP contribution < -0.4 is 10.2 Å². The molecule has 0 atom stereocenters. The molecule has 0 unspecified atom stereocenters. The van der Waals surface area contributed by atoms with E-state index in [1.807, 2.05) is 30.3 Å². The Morgan fingerprint density at radius 2 is 2.10 bits per heavy atom. The fraction of sp³-hybridized carbons (Fsp3) is 0.286. The Morgan fingerprint density at radius 3 is 2.76 bits per heavy atom. The van der Waals surface area contributed by atoms with Gasteiger partial charge in [0.15, 0.2) is 5.15 Å². The largest absolute Gasteiger partial charge is 0.494 e. The second kappa shape index (κ2) is 7.66. The molecule has 0 aliphatic rings. The van der Waals surface area contributed by atoms with E-state index in [1.165, 1.54) is 10.7 Å². The monoisotopic (exact) mass is 309 g/mol. The Morgan fingerprint density at radius 1 is 1.33 bits per heavy atom.